The van der Waals surface area contributed by atoms with Crippen molar-refractivity contribution in [3.8, 4) is 5.75 Å². The van der Waals surface area contributed by atoms with E-state index in [2.05, 4.69) is 39.8 Å². The molecule has 88 valence electrons. The molecular formula is C15H22O. The third-order valence-electron chi connectivity index (χ3n) is 4.09. The number of hydrogen-bond acceptors (Lipinski definition) is 1. The van der Waals surface area contributed by atoms with E-state index in [1.54, 1.807) is 0 Å². The van der Waals surface area contributed by atoms with Gasteiger partial charge < -0.3 is 5.11 Å². The molecule has 1 unspecified atom stereocenters. The van der Waals surface area contributed by atoms with Crippen LogP contribution < -0.4 is 0 Å². The maximum atomic E-state index is 9.35. The topological polar surface area (TPSA) is 20.2 Å². The lowest BCUT2D eigenvalue weighted by molar-refractivity contribution is 0.404. The molecule has 1 aromatic carbocycles. The zero-order chi connectivity index (χ0) is 12.0. The molecule has 1 heteroatoms. The molecule has 0 aromatic heterocycles. The minimum atomic E-state index is 0.342. The van der Waals surface area contributed by atoms with Crippen molar-refractivity contribution in [1.29, 1.82) is 0 Å². The molecule has 1 aromatic rings. The van der Waals surface area contributed by atoms with Crippen LogP contribution in [0.2, 0.25) is 0 Å². The molecular weight excluding hydrogens is 196 g/mol. The highest BCUT2D eigenvalue weighted by atomic mass is 16.3. The van der Waals surface area contributed by atoms with Gasteiger partial charge in [-0.05, 0) is 41.9 Å². The number of phenolic OH excluding ortho intramolecular Hbond substituents is 1. The molecule has 0 spiro atoms. The Balaban J connectivity index is 2.32. The Hall–Kier alpha value is -0.980. The minimum absolute atomic E-state index is 0.342. The Morgan fingerprint density at radius 3 is 2.06 bits per heavy atom. The van der Waals surface area contributed by atoms with Gasteiger partial charge in [0.05, 0.1) is 0 Å². The lowest BCUT2D eigenvalue weighted by Gasteiger charge is -2.23. The zero-order valence-corrected chi connectivity index (χ0v) is 10.7. The van der Waals surface area contributed by atoms with Crippen molar-refractivity contribution >= 4 is 0 Å². The first-order valence-electron chi connectivity index (χ1n) is 6.17. The van der Waals surface area contributed by atoms with E-state index in [9.17, 15) is 5.11 Å². The van der Waals surface area contributed by atoms with Gasteiger partial charge in [0, 0.05) is 5.41 Å². The van der Waals surface area contributed by atoms with E-state index in [0.29, 0.717) is 16.6 Å². The van der Waals surface area contributed by atoms with Gasteiger partial charge in [0.25, 0.3) is 0 Å². The average Bonchev–Trinajstić information content (AvgIpc) is 2.68. The number of hydrogen-bond donors (Lipinski definition) is 1. The molecule has 1 aliphatic rings. The van der Waals surface area contributed by atoms with Crippen molar-refractivity contribution in [3.05, 3.63) is 29.8 Å². The SMILES string of the molecule is CC(C)CC1(c2ccc(O)cc2)CC1(C)C. The first-order valence-corrected chi connectivity index (χ1v) is 6.17. The van der Waals surface area contributed by atoms with E-state index in [0.717, 1.165) is 5.92 Å². The van der Waals surface area contributed by atoms with E-state index in [1.807, 2.05) is 12.1 Å². The van der Waals surface area contributed by atoms with Crippen molar-refractivity contribution in [2.24, 2.45) is 11.3 Å². The molecule has 16 heavy (non-hydrogen) atoms. The molecule has 2 rings (SSSR count). The molecule has 1 nitrogen and oxygen atoms in total. The molecule has 1 aliphatic carbocycles. The number of phenols is 1. The van der Waals surface area contributed by atoms with E-state index < -0.39 is 0 Å². The Kier molecular flexibility index (Phi) is 2.52. The summed E-state index contributed by atoms with van der Waals surface area (Å²) in [4.78, 5) is 0. The van der Waals surface area contributed by atoms with Gasteiger partial charge in [0.2, 0.25) is 0 Å². The van der Waals surface area contributed by atoms with E-state index in [4.69, 9.17) is 0 Å². The maximum Gasteiger partial charge on any atom is 0.115 e. The van der Waals surface area contributed by atoms with Gasteiger partial charge in [-0.2, -0.15) is 0 Å². The molecule has 1 saturated carbocycles. The summed E-state index contributed by atoms with van der Waals surface area (Å²) in [5, 5.41) is 9.35. The Bertz CT molecular complexity index is 375. The first kappa shape index (κ1) is 11.5. The second kappa shape index (κ2) is 3.51. The number of rotatable bonds is 3. The molecule has 0 saturated heterocycles. The summed E-state index contributed by atoms with van der Waals surface area (Å²) in [6, 6.07) is 7.80. The van der Waals surface area contributed by atoms with Gasteiger partial charge in [0.15, 0.2) is 0 Å². The lowest BCUT2D eigenvalue weighted by Crippen LogP contribution is -2.17. The van der Waals surface area contributed by atoms with Gasteiger partial charge in [0.1, 0.15) is 5.75 Å². The van der Waals surface area contributed by atoms with Gasteiger partial charge in [-0.15, -0.1) is 0 Å². The second-order valence-corrected chi connectivity index (χ2v) is 6.29. The van der Waals surface area contributed by atoms with Crippen LogP contribution in [0.15, 0.2) is 24.3 Å². The fraction of sp³-hybridized carbons (Fsp3) is 0.600. The molecule has 0 heterocycles. The highest BCUT2D eigenvalue weighted by Crippen LogP contribution is 2.67. The predicted octanol–water partition coefficient (Wildman–Crippen LogP) is 4.11. The number of benzene rings is 1. The summed E-state index contributed by atoms with van der Waals surface area (Å²) < 4.78 is 0. The number of aromatic hydroxyl groups is 1. The van der Waals surface area contributed by atoms with Gasteiger partial charge in [-0.1, -0.05) is 39.8 Å². The Morgan fingerprint density at radius 2 is 1.69 bits per heavy atom. The minimum Gasteiger partial charge on any atom is -0.508 e. The summed E-state index contributed by atoms with van der Waals surface area (Å²) in [6.45, 7) is 9.28. The van der Waals surface area contributed by atoms with Gasteiger partial charge >= 0.3 is 0 Å². The molecule has 0 radical (unpaired) electrons. The molecule has 1 fully saturated rings. The first-order chi connectivity index (χ1) is 7.37. The summed E-state index contributed by atoms with van der Waals surface area (Å²) >= 11 is 0. The van der Waals surface area contributed by atoms with Crippen LogP contribution >= 0.6 is 0 Å². The Morgan fingerprint density at radius 1 is 1.19 bits per heavy atom. The maximum absolute atomic E-state index is 9.35. The van der Waals surface area contributed by atoms with Gasteiger partial charge in [-0.25, -0.2) is 0 Å². The summed E-state index contributed by atoms with van der Waals surface area (Å²) in [7, 11) is 0. The third-order valence-corrected chi connectivity index (χ3v) is 4.09. The largest absolute Gasteiger partial charge is 0.508 e. The quantitative estimate of drug-likeness (QED) is 0.809. The standard InChI is InChI=1S/C15H22O/c1-11(2)9-15(10-14(15,3)4)12-5-7-13(16)8-6-12/h5-8,11,16H,9-10H2,1-4H3. The van der Waals surface area contributed by atoms with E-state index in [-0.39, 0.29) is 0 Å². The van der Waals surface area contributed by atoms with E-state index >= 15 is 0 Å². The van der Waals surface area contributed by atoms with Crippen LogP contribution in [0, 0.1) is 11.3 Å². The fourth-order valence-electron chi connectivity index (χ4n) is 3.15. The monoisotopic (exact) mass is 218 g/mol. The zero-order valence-electron chi connectivity index (χ0n) is 10.7. The van der Waals surface area contributed by atoms with Crippen LogP contribution in [-0.2, 0) is 5.41 Å². The van der Waals surface area contributed by atoms with Crippen LogP contribution in [0.1, 0.15) is 46.1 Å². The highest BCUT2D eigenvalue weighted by molar-refractivity contribution is 5.39. The normalized spacial score (nSPS) is 27.1. The van der Waals surface area contributed by atoms with Crippen LogP contribution in [0.3, 0.4) is 0 Å². The predicted molar refractivity (Wildman–Crippen MR) is 67.6 cm³/mol. The van der Waals surface area contributed by atoms with Crippen molar-refractivity contribution < 1.29 is 5.11 Å². The summed E-state index contributed by atoms with van der Waals surface area (Å²) in [5.41, 5.74) is 2.15. The van der Waals surface area contributed by atoms with Crippen LogP contribution in [-0.4, -0.2) is 5.11 Å². The molecule has 0 amide bonds. The Labute approximate surface area is 98.5 Å². The van der Waals surface area contributed by atoms with Crippen molar-refractivity contribution in [2.75, 3.05) is 0 Å². The average molecular weight is 218 g/mol. The molecule has 1 N–H and O–H groups in total. The van der Waals surface area contributed by atoms with E-state index in [1.165, 1.54) is 18.4 Å². The smallest absolute Gasteiger partial charge is 0.115 e. The molecule has 0 bridgehead atoms. The molecule has 1 atom stereocenters. The van der Waals surface area contributed by atoms with Crippen LogP contribution in [0.25, 0.3) is 0 Å². The lowest BCUT2D eigenvalue weighted by atomic mass is 9.81. The molecule has 0 aliphatic heterocycles. The highest BCUT2D eigenvalue weighted by Gasteiger charge is 2.61. The second-order valence-electron chi connectivity index (χ2n) is 6.29. The van der Waals surface area contributed by atoms with Gasteiger partial charge in [-0.3, -0.25) is 0 Å². The van der Waals surface area contributed by atoms with Crippen LogP contribution in [0.4, 0.5) is 0 Å². The summed E-state index contributed by atoms with van der Waals surface area (Å²) in [5.74, 6) is 1.08. The summed E-state index contributed by atoms with van der Waals surface area (Å²) in [6.07, 6.45) is 2.51. The van der Waals surface area contributed by atoms with Crippen LogP contribution in [0.5, 0.6) is 5.75 Å². The third kappa shape index (κ3) is 1.73. The van der Waals surface area contributed by atoms with Crippen molar-refractivity contribution in [3.63, 3.8) is 0 Å². The van der Waals surface area contributed by atoms with Crippen molar-refractivity contribution in [2.45, 2.75) is 46.0 Å². The fourth-order valence-corrected chi connectivity index (χ4v) is 3.15. The van der Waals surface area contributed by atoms with Crippen molar-refractivity contribution in [1.82, 2.24) is 0 Å².